The molecular formula is C26H30FN7O5S. The first-order valence-corrected chi connectivity index (χ1v) is 14.2. The van der Waals surface area contributed by atoms with Crippen molar-refractivity contribution in [2.24, 2.45) is 0 Å². The Morgan fingerprint density at radius 3 is 2.52 bits per heavy atom. The number of carbonyl (C=O) groups is 2. The van der Waals surface area contributed by atoms with Gasteiger partial charge in [0.1, 0.15) is 5.82 Å². The van der Waals surface area contributed by atoms with Crippen LogP contribution < -0.4 is 16.0 Å². The predicted octanol–water partition coefficient (Wildman–Crippen LogP) is 2.32. The van der Waals surface area contributed by atoms with Crippen LogP contribution in [0.5, 0.6) is 0 Å². The fraction of sp³-hybridized carbons (Fsp3) is 0.346. The lowest BCUT2D eigenvalue weighted by atomic mass is 10.1. The second-order valence-electron chi connectivity index (χ2n) is 9.63. The Kier molecular flexibility index (Phi) is 7.49. The fourth-order valence-electron chi connectivity index (χ4n) is 4.81. The zero-order chi connectivity index (χ0) is 28.6. The van der Waals surface area contributed by atoms with Crippen molar-refractivity contribution in [2.75, 3.05) is 55.8 Å². The number of nitrogens with one attached hydrogen (secondary N) is 1. The minimum Gasteiger partial charge on any atom is -0.448 e. The highest BCUT2D eigenvalue weighted by Gasteiger charge is 2.38. The van der Waals surface area contributed by atoms with E-state index in [0.717, 1.165) is 53.0 Å². The molecule has 0 spiro atoms. The van der Waals surface area contributed by atoms with Crippen molar-refractivity contribution in [3.05, 3.63) is 65.1 Å². The van der Waals surface area contributed by atoms with Crippen molar-refractivity contribution < 1.29 is 27.1 Å². The van der Waals surface area contributed by atoms with E-state index in [2.05, 4.69) is 27.3 Å². The van der Waals surface area contributed by atoms with Crippen LogP contribution in [-0.2, 0) is 27.8 Å². The Hall–Kier alpha value is -4.01. The summed E-state index contributed by atoms with van der Waals surface area (Å²) in [6.45, 7) is 4.73. The number of aromatic nitrogens is 2. The zero-order valence-electron chi connectivity index (χ0n) is 22.1. The molecule has 1 amide bonds. The van der Waals surface area contributed by atoms with Gasteiger partial charge < -0.3 is 25.6 Å². The second kappa shape index (κ2) is 10.9. The summed E-state index contributed by atoms with van der Waals surface area (Å²) < 4.78 is 47.4. The maximum absolute atomic E-state index is 13.8. The number of hydrogen-bond donors (Lipinski definition) is 2. The van der Waals surface area contributed by atoms with E-state index < -0.39 is 27.8 Å². The number of ether oxygens (including phenoxy) is 1. The van der Waals surface area contributed by atoms with Gasteiger partial charge in [-0.1, -0.05) is 6.07 Å². The third-order valence-corrected chi connectivity index (χ3v) is 8.78. The number of likely N-dealkylation sites (N-methyl/N-ethyl adjacent to an activating group) is 1. The average molecular weight is 572 g/mol. The summed E-state index contributed by atoms with van der Waals surface area (Å²) in [5.74, 6) is -1.20. The molecule has 14 heteroatoms. The molecule has 40 heavy (non-hydrogen) atoms. The van der Waals surface area contributed by atoms with Crippen LogP contribution >= 0.6 is 0 Å². The van der Waals surface area contributed by atoms with Crippen LogP contribution in [0, 0.1) is 5.82 Å². The maximum Gasteiger partial charge on any atom is 0.435 e. The molecule has 1 saturated heterocycles. The predicted molar refractivity (Wildman–Crippen MR) is 146 cm³/mol. The monoisotopic (exact) mass is 571 g/mol. The average Bonchev–Trinajstić information content (AvgIpc) is 3.50. The largest absolute Gasteiger partial charge is 0.448 e. The molecule has 212 valence electrons. The van der Waals surface area contributed by atoms with Gasteiger partial charge in [0.25, 0.3) is 5.91 Å². The second-order valence-corrected chi connectivity index (χ2v) is 11.6. The molecule has 0 atom stereocenters. The van der Waals surface area contributed by atoms with Crippen LogP contribution in [0.15, 0.2) is 47.4 Å². The topological polar surface area (TPSA) is 143 Å². The molecule has 3 N–H and O–H groups in total. The first-order valence-electron chi connectivity index (χ1n) is 12.8. The number of fused-ring (bicyclic) bond motifs is 1. The van der Waals surface area contributed by atoms with Crippen molar-refractivity contribution >= 4 is 39.2 Å². The number of halogens is 1. The molecule has 0 bridgehead atoms. The van der Waals surface area contributed by atoms with Crippen LogP contribution in [0.2, 0.25) is 0 Å². The standard InChI is InChI=1S/C26H30FN7O5S/c1-3-39-26(36)34-23-16-33(40(37,38)19-6-4-5-18(27)14-19)15-20(23)24(30-34)29-25(35)17-7-8-22(21(28)13-17)32-11-9-31(2)10-12-32/h4-8,13-14H,3,9-12,15-16,28H2,1-2H3,(H,29,30,35). The van der Waals surface area contributed by atoms with E-state index in [1.165, 1.54) is 12.1 Å². The summed E-state index contributed by atoms with van der Waals surface area (Å²) in [4.78, 5) is 30.0. The lowest BCUT2D eigenvalue weighted by Crippen LogP contribution is -2.44. The third-order valence-electron chi connectivity index (χ3n) is 6.99. The molecule has 3 heterocycles. The van der Waals surface area contributed by atoms with Gasteiger partial charge in [0.05, 0.1) is 35.1 Å². The molecule has 0 unspecified atom stereocenters. The molecule has 2 aliphatic rings. The van der Waals surface area contributed by atoms with E-state index in [1.54, 1.807) is 25.1 Å². The van der Waals surface area contributed by atoms with E-state index in [4.69, 9.17) is 10.5 Å². The van der Waals surface area contributed by atoms with Crippen molar-refractivity contribution in [2.45, 2.75) is 24.9 Å². The third kappa shape index (κ3) is 5.24. The van der Waals surface area contributed by atoms with Gasteiger partial charge in [-0.15, -0.1) is 5.10 Å². The van der Waals surface area contributed by atoms with Gasteiger partial charge in [-0.25, -0.2) is 17.6 Å². The number of piperazine rings is 1. The lowest BCUT2D eigenvalue weighted by molar-refractivity contribution is 0.102. The Balaban J connectivity index is 1.40. The molecule has 5 rings (SSSR count). The number of rotatable bonds is 6. The molecule has 3 aromatic rings. The molecule has 0 aliphatic carbocycles. The van der Waals surface area contributed by atoms with Crippen molar-refractivity contribution in [3.63, 3.8) is 0 Å². The zero-order valence-corrected chi connectivity index (χ0v) is 22.9. The molecule has 12 nitrogen and oxygen atoms in total. The Labute approximate surface area is 231 Å². The van der Waals surface area contributed by atoms with E-state index in [-0.39, 0.29) is 41.7 Å². The summed E-state index contributed by atoms with van der Waals surface area (Å²) in [5, 5.41) is 6.92. The first-order chi connectivity index (χ1) is 19.1. The van der Waals surface area contributed by atoms with Crippen LogP contribution in [0.1, 0.15) is 28.5 Å². The van der Waals surface area contributed by atoms with E-state index in [0.29, 0.717) is 11.3 Å². The van der Waals surface area contributed by atoms with Crippen molar-refractivity contribution in [3.8, 4) is 0 Å². The Morgan fingerprint density at radius 2 is 1.85 bits per heavy atom. The van der Waals surface area contributed by atoms with Crippen LogP contribution in [0.3, 0.4) is 0 Å². The van der Waals surface area contributed by atoms with Crippen LogP contribution in [0.25, 0.3) is 0 Å². The van der Waals surface area contributed by atoms with Gasteiger partial charge in [0.2, 0.25) is 10.0 Å². The van der Waals surface area contributed by atoms with Crippen molar-refractivity contribution in [1.29, 1.82) is 0 Å². The number of amides is 1. The number of anilines is 3. The summed E-state index contributed by atoms with van der Waals surface area (Å²) in [6.07, 6.45) is -0.815. The summed E-state index contributed by atoms with van der Waals surface area (Å²) in [5.41, 5.74) is 8.46. The van der Waals surface area contributed by atoms with E-state index in [9.17, 15) is 22.4 Å². The SMILES string of the molecule is CCOC(=O)n1nc(NC(=O)c2ccc(N3CCN(C)CC3)c(N)c2)c2c1CN(S(=O)(=O)c1cccc(F)c1)C2. The normalized spacial score (nSPS) is 16.1. The molecule has 1 fully saturated rings. The highest BCUT2D eigenvalue weighted by atomic mass is 32.2. The molecule has 1 aromatic heterocycles. The maximum atomic E-state index is 13.8. The van der Waals surface area contributed by atoms with Crippen LogP contribution in [0.4, 0.5) is 26.4 Å². The number of nitrogens with zero attached hydrogens (tertiary/aromatic N) is 5. The van der Waals surface area contributed by atoms with Gasteiger partial charge in [0.15, 0.2) is 5.82 Å². The minimum absolute atomic E-state index is 0.0201. The number of nitrogen functional groups attached to an aromatic ring is 1. The molecular weight excluding hydrogens is 541 g/mol. The highest BCUT2D eigenvalue weighted by molar-refractivity contribution is 7.89. The molecule has 0 saturated carbocycles. The lowest BCUT2D eigenvalue weighted by Gasteiger charge is -2.34. The smallest absolute Gasteiger partial charge is 0.435 e. The minimum atomic E-state index is -4.11. The van der Waals surface area contributed by atoms with Gasteiger partial charge in [0, 0.05) is 43.9 Å². The summed E-state index contributed by atoms with van der Waals surface area (Å²) in [7, 11) is -2.05. The first kappa shape index (κ1) is 27.6. The van der Waals surface area contributed by atoms with Gasteiger partial charge >= 0.3 is 6.09 Å². The Morgan fingerprint density at radius 1 is 1.10 bits per heavy atom. The number of hydrogen-bond acceptors (Lipinski definition) is 9. The number of carbonyl (C=O) groups excluding carboxylic acids is 2. The van der Waals surface area contributed by atoms with Crippen LogP contribution in [-0.4, -0.2) is 79.2 Å². The quantitative estimate of drug-likeness (QED) is 0.426. The molecule has 2 aromatic carbocycles. The summed E-state index contributed by atoms with van der Waals surface area (Å²) in [6, 6.07) is 9.69. The van der Waals surface area contributed by atoms with E-state index >= 15 is 0 Å². The highest BCUT2D eigenvalue weighted by Crippen LogP contribution is 2.34. The molecule has 2 aliphatic heterocycles. The van der Waals surface area contributed by atoms with Gasteiger partial charge in [-0.2, -0.15) is 8.99 Å². The number of nitrogens with two attached hydrogens (primary N) is 1. The molecule has 0 radical (unpaired) electrons. The van der Waals surface area contributed by atoms with Crippen molar-refractivity contribution in [1.82, 2.24) is 19.0 Å². The Bertz CT molecular complexity index is 1570. The number of benzene rings is 2. The summed E-state index contributed by atoms with van der Waals surface area (Å²) >= 11 is 0. The fourth-order valence-corrected chi connectivity index (χ4v) is 6.21. The van der Waals surface area contributed by atoms with Gasteiger partial charge in [-0.05, 0) is 50.4 Å². The van der Waals surface area contributed by atoms with E-state index in [1.807, 2.05) is 0 Å². The number of sulfonamides is 1. The van der Waals surface area contributed by atoms with Gasteiger partial charge in [-0.3, -0.25) is 4.79 Å².